The van der Waals surface area contributed by atoms with Crippen LogP contribution in [0.15, 0.2) is 45.7 Å². The van der Waals surface area contributed by atoms with Crippen LogP contribution in [0.1, 0.15) is 45.1 Å². The number of rotatable bonds is 10. The van der Waals surface area contributed by atoms with Crippen molar-refractivity contribution in [2.75, 3.05) is 13.7 Å². The van der Waals surface area contributed by atoms with Crippen molar-refractivity contribution < 1.29 is 19.0 Å². The van der Waals surface area contributed by atoms with Gasteiger partial charge >= 0.3 is 5.97 Å². The topological polar surface area (TPSA) is 92.0 Å². The molecule has 0 bridgehead atoms. The van der Waals surface area contributed by atoms with E-state index in [1.165, 1.54) is 49.1 Å². The van der Waals surface area contributed by atoms with Crippen LogP contribution in [0, 0.1) is 0 Å². The monoisotopic (exact) mass is 571 g/mol. The van der Waals surface area contributed by atoms with Gasteiger partial charge in [0.05, 0.1) is 22.7 Å². The Hall–Kier alpha value is -3.24. The molecule has 2 aromatic heterocycles. The maximum absolute atomic E-state index is 13.0. The molecule has 0 atom stereocenters. The number of hydrogen-bond donors (Lipinski definition) is 0. The Balaban J connectivity index is 1.55. The van der Waals surface area contributed by atoms with Crippen molar-refractivity contribution in [2.45, 2.75) is 39.5 Å². The number of benzene rings is 2. The van der Waals surface area contributed by atoms with E-state index in [2.05, 4.69) is 32.9 Å². The van der Waals surface area contributed by atoms with E-state index >= 15 is 0 Å². The second kappa shape index (κ2) is 11.7. The van der Waals surface area contributed by atoms with Crippen molar-refractivity contribution >= 4 is 44.3 Å². The summed E-state index contributed by atoms with van der Waals surface area (Å²) in [5, 5.41) is 4.42. The Morgan fingerprint density at radius 1 is 1.17 bits per heavy atom. The number of hydrogen-bond acceptors (Lipinski definition) is 8. The van der Waals surface area contributed by atoms with Gasteiger partial charge in [0, 0.05) is 12.5 Å². The highest BCUT2D eigenvalue weighted by atomic mass is 79.9. The molecule has 4 rings (SSSR count). The van der Waals surface area contributed by atoms with E-state index in [-0.39, 0.29) is 11.3 Å². The number of thiazole rings is 1. The lowest BCUT2D eigenvalue weighted by atomic mass is 10.2. The first kappa shape index (κ1) is 25.8. The first-order valence-corrected chi connectivity index (χ1v) is 13.2. The van der Waals surface area contributed by atoms with Gasteiger partial charge in [-0.05, 0) is 70.4 Å². The summed E-state index contributed by atoms with van der Waals surface area (Å²) in [5.41, 5.74) is 1.24. The van der Waals surface area contributed by atoms with Crippen LogP contribution in [-0.4, -0.2) is 34.3 Å². The summed E-state index contributed by atoms with van der Waals surface area (Å²) in [6, 6.07) is 11.0. The zero-order valence-corrected chi connectivity index (χ0v) is 22.6. The summed E-state index contributed by atoms with van der Waals surface area (Å²) >= 11 is 4.64. The maximum Gasteiger partial charge on any atom is 0.308 e. The van der Waals surface area contributed by atoms with Crippen LogP contribution >= 0.6 is 27.3 Å². The molecule has 0 aliphatic rings. The predicted molar refractivity (Wildman–Crippen MR) is 143 cm³/mol. The number of nitrogens with zero attached hydrogens (tertiary/aromatic N) is 3. The summed E-state index contributed by atoms with van der Waals surface area (Å²) in [6.45, 7) is 4.20. The first-order chi connectivity index (χ1) is 17.4. The average Bonchev–Trinajstić information content (AvgIpc) is 3.40. The molecule has 4 aromatic rings. The molecule has 0 fully saturated rings. The van der Waals surface area contributed by atoms with Gasteiger partial charge in [-0.25, -0.2) is 0 Å². The van der Waals surface area contributed by atoms with E-state index in [0.717, 1.165) is 17.7 Å². The highest BCUT2D eigenvalue weighted by Gasteiger charge is 2.15. The normalized spacial score (nSPS) is 11.7. The van der Waals surface area contributed by atoms with Gasteiger partial charge in [-0.3, -0.25) is 9.59 Å². The van der Waals surface area contributed by atoms with Gasteiger partial charge in [0.2, 0.25) is 4.96 Å². The second-order valence-corrected chi connectivity index (χ2v) is 9.97. The van der Waals surface area contributed by atoms with E-state index in [1.807, 2.05) is 24.3 Å². The number of carbonyl (C=O) groups is 1. The molecule has 0 aliphatic carbocycles. The minimum absolute atomic E-state index is 0.264. The molecule has 2 aromatic carbocycles. The van der Waals surface area contributed by atoms with Gasteiger partial charge < -0.3 is 14.2 Å². The number of halogens is 1. The number of esters is 1. The third kappa shape index (κ3) is 5.93. The zero-order valence-electron chi connectivity index (χ0n) is 20.2. The lowest BCUT2D eigenvalue weighted by Crippen LogP contribution is -2.23. The van der Waals surface area contributed by atoms with Gasteiger partial charge in [0.1, 0.15) is 5.75 Å². The third-order valence-electron chi connectivity index (χ3n) is 5.36. The Labute approximate surface area is 220 Å². The number of ether oxygens (including phenoxy) is 3. The van der Waals surface area contributed by atoms with Crippen LogP contribution in [0.2, 0.25) is 0 Å². The van der Waals surface area contributed by atoms with Crippen LogP contribution in [-0.2, 0) is 4.79 Å². The minimum Gasteiger partial charge on any atom is -0.494 e. The average molecular weight is 572 g/mol. The van der Waals surface area contributed by atoms with E-state index in [4.69, 9.17) is 14.2 Å². The fraction of sp³-hybridized carbons (Fsp3) is 0.308. The molecular formula is C26H26BrN3O5S. The van der Waals surface area contributed by atoms with Crippen molar-refractivity contribution in [3.63, 3.8) is 0 Å². The molecule has 188 valence electrons. The van der Waals surface area contributed by atoms with E-state index < -0.39 is 5.97 Å². The molecule has 36 heavy (non-hydrogen) atoms. The number of unbranched alkanes of at least 4 members (excludes halogenated alkanes) is 3. The molecule has 0 spiro atoms. The predicted octanol–water partition coefficient (Wildman–Crippen LogP) is 5.02. The van der Waals surface area contributed by atoms with Crippen molar-refractivity contribution in [3.8, 4) is 28.6 Å². The fourth-order valence-corrected chi connectivity index (χ4v) is 5.04. The molecule has 0 saturated carbocycles. The SMILES string of the molecule is CCCCCCOc1ccc(-c2nc3sc(=Cc4cc(Br)c(OC(C)=O)c(OC)c4)c(=O)n3n2)cc1. The zero-order chi connectivity index (χ0) is 25.7. The summed E-state index contributed by atoms with van der Waals surface area (Å²) in [7, 11) is 1.48. The molecule has 0 aliphatic heterocycles. The summed E-state index contributed by atoms with van der Waals surface area (Å²) in [5.74, 6) is 1.48. The Kier molecular flexibility index (Phi) is 8.37. The van der Waals surface area contributed by atoms with Crippen LogP contribution in [0.3, 0.4) is 0 Å². The molecule has 10 heteroatoms. The van der Waals surface area contributed by atoms with Gasteiger partial charge in [-0.2, -0.15) is 9.50 Å². The Morgan fingerprint density at radius 2 is 1.94 bits per heavy atom. The first-order valence-electron chi connectivity index (χ1n) is 11.6. The summed E-state index contributed by atoms with van der Waals surface area (Å²) in [4.78, 5) is 29.4. The number of methoxy groups -OCH3 is 1. The lowest BCUT2D eigenvalue weighted by molar-refractivity contribution is -0.132. The van der Waals surface area contributed by atoms with E-state index in [9.17, 15) is 9.59 Å². The third-order valence-corrected chi connectivity index (χ3v) is 6.90. The Bertz CT molecular complexity index is 1480. The highest BCUT2D eigenvalue weighted by Crippen LogP contribution is 2.37. The standard InChI is InChI=1S/C26H26BrN3O5S/c1-4-5-6-7-12-34-19-10-8-18(9-11-19)24-28-26-30(29-24)25(32)22(36-26)15-17-13-20(27)23(35-16(2)31)21(14-17)33-3/h8-11,13-15H,4-7,12H2,1-3H3. The molecule has 0 amide bonds. The molecule has 0 N–H and O–H groups in total. The molecule has 2 heterocycles. The molecule has 0 unspecified atom stereocenters. The van der Waals surface area contributed by atoms with E-state index in [1.54, 1.807) is 18.2 Å². The summed E-state index contributed by atoms with van der Waals surface area (Å²) < 4.78 is 18.7. The number of fused-ring (bicyclic) bond motifs is 1. The van der Waals surface area contributed by atoms with Crippen LogP contribution < -0.4 is 24.3 Å². The number of aromatic nitrogens is 3. The molecular weight excluding hydrogens is 546 g/mol. The maximum atomic E-state index is 13.0. The largest absolute Gasteiger partial charge is 0.494 e. The Morgan fingerprint density at radius 3 is 2.61 bits per heavy atom. The summed E-state index contributed by atoms with van der Waals surface area (Å²) in [6.07, 6.45) is 6.36. The molecule has 0 radical (unpaired) electrons. The van der Waals surface area contributed by atoms with Crippen molar-refractivity contribution in [1.82, 2.24) is 14.6 Å². The van der Waals surface area contributed by atoms with E-state index in [0.29, 0.717) is 37.7 Å². The van der Waals surface area contributed by atoms with Crippen molar-refractivity contribution in [3.05, 3.63) is 61.3 Å². The smallest absolute Gasteiger partial charge is 0.308 e. The van der Waals surface area contributed by atoms with Gasteiger partial charge in [0.25, 0.3) is 5.56 Å². The molecule has 8 nitrogen and oxygen atoms in total. The minimum atomic E-state index is -0.460. The van der Waals surface area contributed by atoms with Crippen LogP contribution in [0.4, 0.5) is 0 Å². The van der Waals surface area contributed by atoms with Gasteiger partial charge in [0.15, 0.2) is 17.3 Å². The lowest BCUT2D eigenvalue weighted by Gasteiger charge is -2.10. The second-order valence-electron chi connectivity index (χ2n) is 8.11. The molecule has 0 saturated heterocycles. The highest BCUT2D eigenvalue weighted by molar-refractivity contribution is 9.10. The van der Waals surface area contributed by atoms with Crippen molar-refractivity contribution in [2.24, 2.45) is 0 Å². The number of carbonyl (C=O) groups excluding carboxylic acids is 1. The van der Waals surface area contributed by atoms with Gasteiger partial charge in [-0.15, -0.1) is 5.10 Å². The van der Waals surface area contributed by atoms with Crippen molar-refractivity contribution in [1.29, 1.82) is 0 Å². The van der Waals surface area contributed by atoms with Gasteiger partial charge in [-0.1, -0.05) is 37.5 Å². The quantitative estimate of drug-likeness (QED) is 0.150. The van der Waals surface area contributed by atoms with Crippen LogP contribution in [0.5, 0.6) is 17.2 Å². The van der Waals surface area contributed by atoms with Crippen LogP contribution in [0.25, 0.3) is 22.4 Å². The fourth-order valence-electron chi connectivity index (χ4n) is 3.59.